The van der Waals surface area contributed by atoms with Gasteiger partial charge in [-0.15, -0.1) is 0 Å². The number of carbonyl (C=O) groups is 1. The van der Waals surface area contributed by atoms with E-state index in [9.17, 15) is 13.2 Å². The number of hydrogen-bond donors (Lipinski definition) is 2. The molecule has 7 nitrogen and oxygen atoms in total. The highest BCUT2D eigenvalue weighted by Gasteiger charge is 2.29. The minimum absolute atomic E-state index is 0.0121. The maximum atomic E-state index is 12.6. The average molecular weight is 475 g/mol. The average Bonchev–Trinajstić information content (AvgIpc) is 3.57. The van der Waals surface area contributed by atoms with E-state index < -0.39 is 9.84 Å². The molecule has 8 heteroatoms. The molecule has 0 bridgehead atoms. The van der Waals surface area contributed by atoms with E-state index in [2.05, 4.69) is 15.3 Å². The molecule has 34 heavy (non-hydrogen) atoms. The van der Waals surface area contributed by atoms with Crippen molar-refractivity contribution in [1.82, 2.24) is 15.0 Å². The number of aromatic nitrogens is 3. The minimum atomic E-state index is -3.41. The molecule has 4 aromatic rings. The molecule has 1 aliphatic rings. The first-order chi connectivity index (χ1) is 16.4. The summed E-state index contributed by atoms with van der Waals surface area (Å²) in [6.45, 7) is 1.63. The van der Waals surface area contributed by atoms with Gasteiger partial charge < -0.3 is 10.3 Å². The zero-order valence-electron chi connectivity index (χ0n) is 18.9. The fourth-order valence-electron chi connectivity index (χ4n) is 4.07. The topological polar surface area (TPSA) is 105 Å². The smallest absolute Gasteiger partial charge is 0.180 e. The highest BCUT2D eigenvalue weighted by atomic mass is 32.2. The van der Waals surface area contributed by atoms with Crippen molar-refractivity contribution in [2.45, 2.75) is 37.5 Å². The number of para-hydroxylation sites is 1. The van der Waals surface area contributed by atoms with Crippen molar-refractivity contribution >= 4 is 38.2 Å². The molecule has 5 rings (SSSR count). The van der Waals surface area contributed by atoms with E-state index in [1.807, 2.05) is 30.3 Å². The lowest BCUT2D eigenvalue weighted by atomic mass is 10.0. The molecule has 0 atom stereocenters. The Kier molecular flexibility index (Phi) is 5.91. The van der Waals surface area contributed by atoms with Gasteiger partial charge in [-0.25, -0.2) is 18.4 Å². The normalized spacial score (nSPS) is 13.8. The summed E-state index contributed by atoms with van der Waals surface area (Å²) < 4.78 is 25.2. The molecule has 0 unspecified atom stereocenters. The van der Waals surface area contributed by atoms with Gasteiger partial charge in [0, 0.05) is 25.0 Å². The van der Waals surface area contributed by atoms with Gasteiger partial charge in [0.25, 0.3) is 0 Å². The maximum absolute atomic E-state index is 12.6. The summed E-state index contributed by atoms with van der Waals surface area (Å²) in [4.78, 5) is 25.0. The summed E-state index contributed by atoms with van der Waals surface area (Å²) in [5.74, 6) is 1.70. The lowest BCUT2D eigenvalue weighted by Crippen LogP contribution is -2.09. The molecule has 1 fully saturated rings. The van der Waals surface area contributed by atoms with Gasteiger partial charge in [0.2, 0.25) is 0 Å². The summed E-state index contributed by atoms with van der Waals surface area (Å²) in [5, 5.41) is 3.22. The number of nitrogens with zero attached hydrogens (tertiary/aromatic N) is 2. The van der Waals surface area contributed by atoms with Crippen molar-refractivity contribution < 1.29 is 13.2 Å². The third kappa shape index (κ3) is 4.72. The molecule has 0 aliphatic heterocycles. The van der Waals surface area contributed by atoms with E-state index in [1.54, 1.807) is 37.4 Å². The van der Waals surface area contributed by atoms with Crippen molar-refractivity contribution in [3.63, 3.8) is 0 Å². The van der Waals surface area contributed by atoms with Crippen LogP contribution in [0.3, 0.4) is 0 Å². The van der Waals surface area contributed by atoms with Crippen LogP contribution in [0.5, 0.6) is 0 Å². The highest BCUT2D eigenvalue weighted by molar-refractivity contribution is 7.91. The Morgan fingerprint density at radius 1 is 1.06 bits per heavy atom. The van der Waals surface area contributed by atoms with Crippen molar-refractivity contribution in [2.24, 2.45) is 5.92 Å². The van der Waals surface area contributed by atoms with Crippen molar-refractivity contribution in [1.29, 1.82) is 0 Å². The first-order valence-corrected chi connectivity index (χ1v) is 13.1. The highest BCUT2D eigenvalue weighted by Crippen LogP contribution is 2.31. The molecule has 1 aliphatic carbocycles. The van der Waals surface area contributed by atoms with Crippen LogP contribution in [0.25, 0.3) is 11.0 Å². The van der Waals surface area contributed by atoms with Crippen molar-refractivity contribution in [3.8, 4) is 0 Å². The van der Waals surface area contributed by atoms with Gasteiger partial charge >= 0.3 is 0 Å². The molecule has 0 saturated heterocycles. The Balaban J connectivity index is 1.45. The van der Waals surface area contributed by atoms with E-state index in [0.29, 0.717) is 41.5 Å². The number of benzene rings is 2. The second-order valence-electron chi connectivity index (χ2n) is 8.67. The second kappa shape index (κ2) is 9.02. The summed E-state index contributed by atoms with van der Waals surface area (Å²) in [5.41, 5.74) is 3.95. The van der Waals surface area contributed by atoms with Gasteiger partial charge in [-0.1, -0.05) is 43.3 Å². The van der Waals surface area contributed by atoms with Gasteiger partial charge in [-0.3, -0.25) is 4.79 Å². The van der Waals surface area contributed by atoms with Crippen LogP contribution in [0.1, 0.15) is 36.7 Å². The first kappa shape index (κ1) is 22.3. The van der Waals surface area contributed by atoms with Gasteiger partial charge in [-0.2, -0.15) is 0 Å². The monoisotopic (exact) mass is 474 g/mol. The number of rotatable bonds is 9. The molecule has 2 aromatic heterocycles. The van der Waals surface area contributed by atoms with E-state index in [-0.39, 0.29) is 16.6 Å². The number of carbonyl (C=O) groups excluding carboxylic acids is 1. The van der Waals surface area contributed by atoms with Crippen molar-refractivity contribution in [2.75, 3.05) is 11.1 Å². The van der Waals surface area contributed by atoms with Crippen molar-refractivity contribution in [3.05, 3.63) is 77.7 Å². The number of nitrogens with one attached hydrogen (secondary N) is 2. The number of H-pyrrole nitrogens is 1. The van der Waals surface area contributed by atoms with Crippen LogP contribution in [-0.4, -0.2) is 34.9 Å². The van der Waals surface area contributed by atoms with E-state index in [1.165, 1.54) is 0 Å². The quantitative estimate of drug-likeness (QED) is 0.367. The predicted octanol–water partition coefficient (Wildman–Crippen LogP) is 4.61. The van der Waals surface area contributed by atoms with Crippen LogP contribution >= 0.6 is 0 Å². The largest absolute Gasteiger partial charge is 0.357 e. The molecule has 1 saturated carbocycles. The van der Waals surface area contributed by atoms with Crippen LogP contribution in [0.4, 0.5) is 11.5 Å². The third-order valence-electron chi connectivity index (χ3n) is 6.07. The standard InChI is InChI=1S/C26H26N4O3S/c1-2-34(32,33)23-9-4-3-8-20(23)29-26-25-21(12-13-27-25)28-24(30-26)16-18-7-5-6-17(14-18)15-22(31)19-10-11-19/h3-9,12-14,19,27H,2,10-11,15-16H2,1H3,(H,28,29,30). The number of aromatic amines is 1. The lowest BCUT2D eigenvalue weighted by molar-refractivity contribution is -0.119. The Bertz CT molecular complexity index is 1470. The molecule has 174 valence electrons. The third-order valence-corrected chi connectivity index (χ3v) is 7.86. The number of sulfone groups is 1. The molecule has 0 amide bonds. The van der Waals surface area contributed by atoms with Gasteiger partial charge in [0.15, 0.2) is 15.7 Å². The van der Waals surface area contributed by atoms with Gasteiger partial charge in [0.1, 0.15) is 17.1 Å². The molecular formula is C26H26N4O3S. The van der Waals surface area contributed by atoms with Crippen LogP contribution in [-0.2, 0) is 27.5 Å². The number of ketones is 1. The Morgan fingerprint density at radius 2 is 1.85 bits per heavy atom. The lowest BCUT2D eigenvalue weighted by Gasteiger charge is -2.13. The summed E-state index contributed by atoms with van der Waals surface area (Å²) in [6, 6.07) is 16.7. The van der Waals surface area contributed by atoms with E-state index in [0.717, 1.165) is 29.5 Å². The number of Topliss-reactive ketones (excluding diaryl/α,β-unsaturated/α-hetero) is 1. The molecule has 2 heterocycles. The van der Waals surface area contributed by atoms with E-state index >= 15 is 0 Å². The Morgan fingerprint density at radius 3 is 2.65 bits per heavy atom. The summed E-state index contributed by atoms with van der Waals surface area (Å²) >= 11 is 0. The van der Waals surface area contributed by atoms with Gasteiger partial charge in [0.05, 0.1) is 21.9 Å². The second-order valence-corrected chi connectivity index (χ2v) is 10.9. The summed E-state index contributed by atoms with van der Waals surface area (Å²) in [6.07, 6.45) is 4.78. The molecular weight excluding hydrogens is 448 g/mol. The van der Waals surface area contributed by atoms with Crippen LogP contribution in [0.15, 0.2) is 65.7 Å². The maximum Gasteiger partial charge on any atom is 0.180 e. The molecule has 0 spiro atoms. The fraction of sp³-hybridized carbons (Fsp3) is 0.269. The number of anilines is 2. The van der Waals surface area contributed by atoms with Crippen LogP contribution in [0, 0.1) is 5.92 Å². The SMILES string of the molecule is CCS(=O)(=O)c1ccccc1Nc1nc(Cc2cccc(CC(=O)C3CC3)c2)nc2cc[nH]c12. The number of fused-ring (bicyclic) bond motifs is 1. The minimum Gasteiger partial charge on any atom is -0.357 e. The predicted molar refractivity (Wildman–Crippen MR) is 132 cm³/mol. The molecule has 2 N–H and O–H groups in total. The Hall–Kier alpha value is -3.52. The van der Waals surface area contributed by atoms with Crippen LogP contribution in [0.2, 0.25) is 0 Å². The molecule has 2 aromatic carbocycles. The molecule has 0 radical (unpaired) electrons. The first-order valence-electron chi connectivity index (χ1n) is 11.5. The summed E-state index contributed by atoms with van der Waals surface area (Å²) in [7, 11) is -3.41. The van der Waals surface area contributed by atoms with Gasteiger partial charge in [-0.05, 0) is 42.2 Å². The fourth-order valence-corrected chi connectivity index (χ4v) is 5.12. The zero-order chi connectivity index (χ0) is 23.7. The zero-order valence-corrected chi connectivity index (χ0v) is 19.7. The number of hydrogen-bond acceptors (Lipinski definition) is 6. The van der Waals surface area contributed by atoms with E-state index in [4.69, 9.17) is 4.98 Å². The van der Waals surface area contributed by atoms with Crippen LogP contribution < -0.4 is 5.32 Å². The Labute approximate surface area is 198 Å².